The highest BCUT2D eigenvalue weighted by Crippen LogP contribution is 2.38. The molecule has 2 aliphatic carbocycles. The van der Waals surface area contributed by atoms with Gasteiger partial charge < -0.3 is 0 Å². The Morgan fingerprint density at radius 1 is 0.526 bits per heavy atom. The van der Waals surface area contributed by atoms with Crippen molar-refractivity contribution in [1.29, 1.82) is 0 Å². The number of allylic oxidation sites excluding steroid dienone is 2. The number of rotatable bonds is 15. The lowest BCUT2D eigenvalue weighted by Gasteiger charge is -2.29. The van der Waals surface area contributed by atoms with Crippen molar-refractivity contribution in [3.05, 3.63) is 65.7 Å². The fourth-order valence-electron chi connectivity index (χ4n) is 7.08. The summed E-state index contributed by atoms with van der Waals surface area (Å²) in [6, 6.07) is 19.0. The number of hydrogen-bond acceptors (Lipinski definition) is 0. The highest BCUT2D eigenvalue weighted by atomic mass is 14.3. The molecule has 0 aliphatic heterocycles. The molecule has 1 fully saturated rings. The lowest BCUT2D eigenvalue weighted by molar-refractivity contribution is 0.304. The average molecular weight is 513 g/mol. The third kappa shape index (κ3) is 9.14. The maximum atomic E-state index is 2.56. The normalized spacial score (nSPS) is 21.8. The lowest BCUT2D eigenvalue weighted by Crippen LogP contribution is -2.13. The van der Waals surface area contributed by atoms with E-state index >= 15 is 0 Å². The molecule has 2 aromatic carbocycles. The van der Waals surface area contributed by atoms with E-state index in [1.54, 1.807) is 11.1 Å². The maximum absolute atomic E-state index is 2.56. The van der Waals surface area contributed by atoms with Crippen LogP contribution in [0.5, 0.6) is 0 Å². The van der Waals surface area contributed by atoms with Crippen molar-refractivity contribution in [3.63, 3.8) is 0 Å². The van der Waals surface area contributed by atoms with Crippen molar-refractivity contribution in [3.8, 4) is 11.1 Å². The van der Waals surface area contributed by atoms with E-state index in [1.165, 1.54) is 139 Å². The first-order valence-corrected chi connectivity index (χ1v) is 16.7. The Morgan fingerprint density at radius 2 is 1.08 bits per heavy atom. The van der Waals surface area contributed by atoms with Crippen LogP contribution in [-0.2, 0) is 0 Å². The molecule has 1 saturated carbocycles. The van der Waals surface area contributed by atoms with Crippen LogP contribution in [0.3, 0.4) is 0 Å². The van der Waals surface area contributed by atoms with Crippen molar-refractivity contribution < 1.29 is 0 Å². The number of hydrogen-bond donors (Lipinski definition) is 0. The SMILES string of the molecule is CCCCCCCCCCC1CC=C(c2ccc(-c3ccc(C4CCC(CCCC)CC4)cc3)cc2)CC1. The monoisotopic (exact) mass is 512 g/mol. The largest absolute Gasteiger partial charge is 0.0804 e. The van der Waals surface area contributed by atoms with Crippen LogP contribution in [0.2, 0.25) is 0 Å². The van der Waals surface area contributed by atoms with Crippen molar-refractivity contribution in [2.24, 2.45) is 11.8 Å². The van der Waals surface area contributed by atoms with Gasteiger partial charge in [0.15, 0.2) is 0 Å². The summed E-state index contributed by atoms with van der Waals surface area (Å²) in [4.78, 5) is 0. The third-order valence-corrected chi connectivity index (χ3v) is 9.77. The molecule has 0 amide bonds. The van der Waals surface area contributed by atoms with Gasteiger partial charge in [0.1, 0.15) is 0 Å². The van der Waals surface area contributed by atoms with Gasteiger partial charge >= 0.3 is 0 Å². The zero-order valence-corrected chi connectivity index (χ0v) is 24.9. The summed E-state index contributed by atoms with van der Waals surface area (Å²) >= 11 is 0. The van der Waals surface area contributed by atoms with Gasteiger partial charge in [-0.25, -0.2) is 0 Å². The Kier molecular flexibility index (Phi) is 12.5. The van der Waals surface area contributed by atoms with Gasteiger partial charge in [-0.15, -0.1) is 0 Å². The van der Waals surface area contributed by atoms with Crippen LogP contribution >= 0.6 is 0 Å². The summed E-state index contributed by atoms with van der Waals surface area (Å²) in [7, 11) is 0. The minimum absolute atomic E-state index is 0.780. The predicted molar refractivity (Wildman–Crippen MR) is 169 cm³/mol. The van der Waals surface area contributed by atoms with E-state index in [0.29, 0.717) is 0 Å². The lowest BCUT2D eigenvalue weighted by atomic mass is 9.77. The van der Waals surface area contributed by atoms with Crippen LogP contribution in [-0.4, -0.2) is 0 Å². The zero-order chi connectivity index (χ0) is 26.4. The van der Waals surface area contributed by atoms with Crippen LogP contribution in [0.1, 0.15) is 153 Å². The fraction of sp³-hybridized carbons (Fsp3) is 0.632. The molecule has 1 atom stereocenters. The molecule has 208 valence electrons. The van der Waals surface area contributed by atoms with E-state index in [2.05, 4.69) is 68.5 Å². The first kappa shape index (κ1) is 29.2. The molecule has 1 unspecified atom stereocenters. The molecule has 38 heavy (non-hydrogen) atoms. The molecule has 0 heteroatoms. The molecule has 0 radical (unpaired) electrons. The van der Waals surface area contributed by atoms with E-state index in [9.17, 15) is 0 Å². The topological polar surface area (TPSA) is 0 Å². The molecule has 2 aromatic rings. The second-order valence-electron chi connectivity index (χ2n) is 12.7. The van der Waals surface area contributed by atoms with Gasteiger partial charge in [-0.1, -0.05) is 146 Å². The van der Waals surface area contributed by atoms with Gasteiger partial charge in [0.25, 0.3) is 0 Å². The molecule has 0 nitrogen and oxygen atoms in total. The van der Waals surface area contributed by atoms with E-state index in [-0.39, 0.29) is 0 Å². The summed E-state index contributed by atoms with van der Waals surface area (Å²) in [6.07, 6.45) is 29.2. The van der Waals surface area contributed by atoms with E-state index in [0.717, 1.165) is 17.8 Å². The molecule has 0 spiro atoms. The van der Waals surface area contributed by atoms with Crippen molar-refractivity contribution >= 4 is 5.57 Å². The Hall–Kier alpha value is -1.82. The average Bonchev–Trinajstić information content (AvgIpc) is 2.98. The molecule has 0 heterocycles. The molecule has 0 bridgehead atoms. The minimum atomic E-state index is 0.780. The van der Waals surface area contributed by atoms with Crippen LogP contribution in [0.4, 0.5) is 0 Å². The summed E-state index contributed by atoms with van der Waals surface area (Å²) in [5.74, 6) is 2.69. The smallest absolute Gasteiger partial charge is 0.0162 e. The van der Waals surface area contributed by atoms with Gasteiger partial charge in [-0.05, 0) is 90.5 Å². The molecule has 0 saturated heterocycles. The quantitative estimate of drug-likeness (QED) is 0.208. The molecular formula is C38H56. The molecule has 2 aliphatic rings. The van der Waals surface area contributed by atoms with Crippen molar-refractivity contribution in [2.45, 2.75) is 142 Å². The molecular weight excluding hydrogens is 456 g/mol. The Labute approximate surface area is 235 Å². The van der Waals surface area contributed by atoms with Crippen LogP contribution < -0.4 is 0 Å². The fourth-order valence-corrected chi connectivity index (χ4v) is 7.08. The second kappa shape index (κ2) is 16.3. The van der Waals surface area contributed by atoms with Gasteiger partial charge in [0, 0.05) is 0 Å². The maximum Gasteiger partial charge on any atom is -0.0162 e. The number of benzene rings is 2. The van der Waals surface area contributed by atoms with Crippen LogP contribution in [0.15, 0.2) is 54.6 Å². The second-order valence-corrected chi connectivity index (χ2v) is 12.7. The Bertz CT molecular complexity index is 923. The van der Waals surface area contributed by atoms with E-state index < -0.39 is 0 Å². The van der Waals surface area contributed by atoms with Crippen molar-refractivity contribution in [2.75, 3.05) is 0 Å². The standard InChI is InChI=1S/C38H56/c1-3-5-7-8-9-10-11-12-14-32-17-21-34(22-18-32)36-25-29-38(30-26-36)37-27-23-35(24-28-37)33-19-15-31(16-20-33)13-6-4-2/h21,23-33H,3-20,22H2,1-2H3. The van der Waals surface area contributed by atoms with Gasteiger partial charge in [-0.2, -0.15) is 0 Å². The molecule has 4 rings (SSSR count). The van der Waals surface area contributed by atoms with Crippen LogP contribution in [0, 0.1) is 11.8 Å². The third-order valence-electron chi connectivity index (χ3n) is 9.77. The Morgan fingerprint density at radius 3 is 1.68 bits per heavy atom. The van der Waals surface area contributed by atoms with E-state index in [4.69, 9.17) is 0 Å². The predicted octanol–water partition coefficient (Wildman–Crippen LogP) is 12.5. The summed E-state index contributed by atoms with van der Waals surface area (Å²) in [5, 5.41) is 0. The minimum Gasteiger partial charge on any atom is -0.0804 e. The van der Waals surface area contributed by atoms with Gasteiger partial charge in [-0.3, -0.25) is 0 Å². The Balaban J connectivity index is 1.19. The molecule has 0 N–H and O–H groups in total. The first-order chi connectivity index (χ1) is 18.8. The van der Waals surface area contributed by atoms with E-state index in [1.807, 2.05) is 0 Å². The van der Waals surface area contributed by atoms with Gasteiger partial charge in [0.05, 0.1) is 0 Å². The zero-order valence-electron chi connectivity index (χ0n) is 24.9. The number of unbranched alkanes of at least 4 members (excludes halogenated alkanes) is 8. The highest BCUT2D eigenvalue weighted by Gasteiger charge is 2.22. The van der Waals surface area contributed by atoms with Crippen LogP contribution in [0.25, 0.3) is 16.7 Å². The van der Waals surface area contributed by atoms with Crippen molar-refractivity contribution in [1.82, 2.24) is 0 Å². The van der Waals surface area contributed by atoms with Gasteiger partial charge in [0.2, 0.25) is 0 Å². The summed E-state index contributed by atoms with van der Waals surface area (Å²) < 4.78 is 0. The highest BCUT2D eigenvalue weighted by molar-refractivity contribution is 5.71. The summed E-state index contributed by atoms with van der Waals surface area (Å²) in [6.45, 7) is 4.62. The molecule has 0 aromatic heterocycles. The first-order valence-electron chi connectivity index (χ1n) is 16.7. The summed E-state index contributed by atoms with van der Waals surface area (Å²) in [5.41, 5.74) is 7.30.